The highest BCUT2D eigenvalue weighted by Gasteiger charge is 2.28. The monoisotopic (exact) mass is 465 g/mol. The van der Waals surface area contributed by atoms with Gasteiger partial charge in [0.05, 0.1) is 11.9 Å². The summed E-state index contributed by atoms with van der Waals surface area (Å²) in [4.78, 5) is 17.0. The Morgan fingerprint density at radius 1 is 0.848 bits per heavy atom. The summed E-state index contributed by atoms with van der Waals surface area (Å²) >= 11 is 0. The van der Waals surface area contributed by atoms with Gasteiger partial charge in [-0.25, -0.2) is 8.42 Å². The second-order valence-corrected chi connectivity index (χ2v) is 9.76. The number of nitrogens with zero attached hydrogens (tertiary/aromatic N) is 3. The van der Waals surface area contributed by atoms with E-state index in [9.17, 15) is 13.2 Å². The van der Waals surface area contributed by atoms with Gasteiger partial charge in [0.25, 0.3) is 0 Å². The van der Waals surface area contributed by atoms with E-state index < -0.39 is 10.0 Å². The molecule has 3 aromatic carbocycles. The molecule has 0 N–H and O–H groups in total. The van der Waals surface area contributed by atoms with E-state index in [2.05, 4.69) is 4.90 Å². The molecule has 0 spiro atoms. The van der Waals surface area contributed by atoms with Crippen molar-refractivity contribution in [2.75, 3.05) is 48.2 Å². The molecule has 1 heterocycles. The molecule has 0 aliphatic carbocycles. The molecule has 0 atom stereocenters. The number of carbonyl (C=O) groups excluding carboxylic acids is 1. The van der Waals surface area contributed by atoms with Gasteiger partial charge in [-0.05, 0) is 36.4 Å². The first-order valence-corrected chi connectivity index (χ1v) is 12.6. The number of para-hydroxylation sites is 4. The van der Waals surface area contributed by atoms with E-state index in [0.29, 0.717) is 43.4 Å². The summed E-state index contributed by atoms with van der Waals surface area (Å²) in [5, 5.41) is 0. The normalized spacial score (nSPS) is 14.1. The minimum Gasteiger partial charge on any atom is -0.455 e. The van der Waals surface area contributed by atoms with Crippen molar-refractivity contribution < 1.29 is 17.9 Å². The number of rotatable bonds is 7. The van der Waals surface area contributed by atoms with Crippen LogP contribution in [0.25, 0.3) is 0 Å². The Labute approximate surface area is 194 Å². The third kappa shape index (κ3) is 5.64. The third-order valence-corrected chi connectivity index (χ3v) is 6.66. The van der Waals surface area contributed by atoms with Crippen LogP contribution in [0.15, 0.2) is 84.9 Å². The number of ether oxygens (including phenoxy) is 1. The maximum absolute atomic E-state index is 13.1. The Morgan fingerprint density at radius 3 is 2.06 bits per heavy atom. The van der Waals surface area contributed by atoms with Crippen LogP contribution < -0.4 is 13.9 Å². The molecule has 4 rings (SSSR count). The fourth-order valence-electron chi connectivity index (χ4n) is 3.82. The van der Waals surface area contributed by atoms with Gasteiger partial charge in [0, 0.05) is 31.9 Å². The molecule has 0 radical (unpaired) electrons. The molecule has 1 amide bonds. The van der Waals surface area contributed by atoms with Crippen molar-refractivity contribution in [1.29, 1.82) is 0 Å². The molecular weight excluding hydrogens is 438 g/mol. The Morgan fingerprint density at radius 2 is 1.42 bits per heavy atom. The molecule has 0 bridgehead atoms. The van der Waals surface area contributed by atoms with Crippen LogP contribution in [0.2, 0.25) is 0 Å². The zero-order valence-electron chi connectivity index (χ0n) is 18.5. The van der Waals surface area contributed by atoms with E-state index in [1.54, 1.807) is 41.3 Å². The van der Waals surface area contributed by atoms with Gasteiger partial charge in [0.1, 0.15) is 12.3 Å². The number of benzene rings is 3. The van der Waals surface area contributed by atoms with E-state index in [1.165, 1.54) is 0 Å². The largest absolute Gasteiger partial charge is 0.455 e. The van der Waals surface area contributed by atoms with Crippen LogP contribution in [-0.4, -0.2) is 58.2 Å². The molecule has 1 aliphatic rings. The van der Waals surface area contributed by atoms with Crippen LogP contribution in [0.5, 0.6) is 11.5 Å². The van der Waals surface area contributed by atoms with Crippen molar-refractivity contribution >= 4 is 27.3 Å². The number of sulfonamides is 1. The molecule has 1 aliphatic heterocycles. The lowest BCUT2D eigenvalue weighted by molar-refractivity contribution is -0.129. The molecule has 1 fully saturated rings. The van der Waals surface area contributed by atoms with Gasteiger partial charge in [0.15, 0.2) is 5.75 Å². The molecule has 1 saturated heterocycles. The molecule has 33 heavy (non-hydrogen) atoms. The van der Waals surface area contributed by atoms with E-state index >= 15 is 0 Å². The van der Waals surface area contributed by atoms with Crippen molar-refractivity contribution in [2.45, 2.75) is 0 Å². The number of piperazine rings is 1. The topological polar surface area (TPSA) is 70.2 Å². The minimum absolute atomic E-state index is 0.234. The van der Waals surface area contributed by atoms with Crippen LogP contribution >= 0.6 is 0 Å². The predicted molar refractivity (Wildman–Crippen MR) is 130 cm³/mol. The average molecular weight is 466 g/mol. The van der Waals surface area contributed by atoms with E-state index in [0.717, 1.165) is 16.2 Å². The number of hydrogen-bond acceptors (Lipinski definition) is 5. The Balaban J connectivity index is 1.49. The Hall–Kier alpha value is -3.52. The van der Waals surface area contributed by atoms with Gasteiger partial charge in [-0.1, -0.05) is 48.5 Å². The lowest BCUT2D eigenvalue weighted by Crippen LogP contribution is -2.52. The molecule has 0 aromatic heterocycles. The van der Waals surface area contributed by atoms with Crippen LogP contribution in [0.4, 0.5) is 11.4 Å². The first-order valence-electron chi connectivity index (χ1n) is 10.8. The lowest BCUT2D eigenvalue weighted by atomic mass is 10.2. The highest BCUT2D eigenvalue weighted by atomic mass is 32.2. The van der Waals surface area contributed by atoms with E-state index in [1.807, 2.05) is 48.5 Å². The number of hydrogen-bond donors (Lipinski definition) is 0. The van der Waals surface area contributed by atoms with Crippen molar-refractivity contribution in [3.63, 3.8) is 0 Å². The molecule has 8 heteroatoms. The smallest absolute Gasteiger partial charge is 0.243 e. The Kier molecular flexibility index (Phi) is 6.84. The Bertz CT molecular complexity index is 1180. The zero-order chi connectivity index (χ0) is 23.3. The SMILES string of the molecule is CS(=O)(=O)N(CC(=O)N1CCN(c2ccccc2)CC1)c1ccccc1Oc1ccccc1. The highest BCUT2D eigenvalue weighted by Crippen LogP contribution is 2.33. The van der Waals surface area contributed by atoms with Crippen molar-refractivity contribution in [3.8, 4) is 11.5 Å². The summed E-state index contributed by atoms with van der Waals surface area (Å²) in [5.74, 6) is 0.722. The molecule has 3 aromatic rings. The van der Waals surface area contributed by atoms with Crippen LogP contribution in [0.3, 0.4) is 0 Å². The second kappa shape index (κ2) is 9.95. The van der Waals surface area contributed by atoms with Gasteiger partial charge in [0.2, 0.25) is 15.9 Å². The van der Waals surface area contributed by atoms with Crippen molar-refractivity contribution in [1.82, 2.24) is 4.90 Å². The second-order valence-electron chi connectivity index (χ2n) is 7.86. The van der Waals surface area contributed by atoms with Crippen LogP contribution in [-0.2, 0) is 14.8 Å². The highest BCUT2D eigenvalue weighted by molar-refractivity contribution is 7.92. The van der Waals surface area contributed by atoms with E-state index in [-0.39, 0.29) is 12.5 Å². The van der Waals surface area contributed by atoms with Gasteiger partial charge >= 0.3 is 0 Å². The maximum Gasteiger partial charge on any atom is 0.243 e. The molecular formula is C25H27N3O4S. The summed E-state index contributed by atoms with van der Waals surface area (Å²) in [6.45, 7) is 2.19. The quantitative estimate of drug-likeness (QED) is 0.533. The number of carbonyl (C=O) groups is 1. The standard InChI is InChI=1S/C25H27N3O4S/c1-33(30,31)28(23-14-8-9-15-24(23)32-22-12-6-3-7-13-22)20-25(29)27-18-16-26(17-19-27)21-10-4-2-5-11-21/h2-15H,16-20H2,1H3. The summed E-state index contributed by atoms with van der Waals surface area (Å²) < 4.78 is 32.4. The summed E-state index contributed by atoms with van der Waals surface area (Å²) in [6, 6.07) is 26.0. The van der Waals surface area contributed by atoms with Gasteiger partial charge in [-0.3, -0.25) is 9.10 Å². The van der Waals surface area contributed by atoms with Gasteiger partial charge in [-0.15, -0.1) is 0 Å². The molecule has 0 unspecified atom stereocenters. The van der Waals surface area contributed by atoms with Gasteiger partial charge in [-0.2, -0.15) is 0 Å². The maximum atomic E-state index is 13.1. The average Bonchev–Trinajstić information content (AvgIpc) is 2.83. The van der Waals surface area contributed by atoms with E-state index in [4.69, 9.17) is 4.74 Å². The summed E-state index contributed by atoms with van der Waals surface area (Å²) in [6.07, 6.45) is 1.10. The number of amides is 1. The van der Waals surface area contributed by atoms with Crippen LogP contribution in [0.1, 0.15) is 0 Å². The summed E-state index contributed by atoms with van der Waals surface area (Å²) in [7, 11) is -3.72. The van der Waals surface area contributed by atoms with Crippen molar-refractivity contribution in [3.05, 3.63) is 84.9 Å². The van der Waals surface area contributed by atoms with Gasteiger partial charge < -0.3 is 14.5 Å². The fraction of sp³-hybridized carbons (Fsp3) is 0.240. The first-order chi connectivity index (χ1) is 15.9. The van der Waals surface area contributed by atoms with Crippen molar-refractivity contribution in [2.24, 2.45) is 0 Å². The van der Waals surface area contributed by atoms with Crippen LogP contribution in [0, 0.1) is 0 Å². The zero-order valence-corrected chi connectivity index (χ0v) is 19.3. The third-order valence-electron chi connectivity index (χ3n) is 5.54. The number of anilines is 2. The molecule has 0 saturated carbocycles. The lowest BCUT2D eigenvalue weighted by Gasteiger charge is -2.37. The minimum atomic E-state index is -3.72. The fourth-order valence-corrected chi connectivity index (χ4v) is 4.67. The first kappa shape index (κ1) is 22.7. The predicted octanol–water partition coefficient (Wildman–Crippen LogP) is 3.59. The molecule has 172 valence electrons. The summed E-state index contributed by atoms with van der Waals surface area (Å²) in [5.41, 5.74) is 1.45. The molecule has 7 nitrogen and oxygen atoms in total.